The van der Waals surface area contributed by atoms with Crippen LogP contribution in [0.2, 0.25) is 0 Å². The zero-order chi connectivity index (χ0) is 21.8. The van der Waals surface area contributed by atoms with E-state index >= 15 is 0 Å². The largest absolute Gasteiger partial charge is 0.497 e. The molecule has 0 radical (unpaired) electrons. The number of para-hydroxylation sites is 2. The van der Waals surface area contributed by atoms with Crippen molar-refractivity contribution >= 4 is 23.6 Å². The molecule has 2 aromatic carbocycles. The van der Waals surface area contributed by atoms with Gasteiger partial charge in [0.1, 0.15) is 12.3 Å². The lowest BCUT2D eigenvalue weighted by atomic mass is 9.87. The summed E-state index contributed by atoms with van der Waals surface area (Å²) in [4.78, 5) is 27.5. The number of carbonyl (C=O) groups is 2. The molecule has 0 saturated heterocycles. The van der Waals surface area contributed by atoms with Gasteiger partial charge >= 0.3 is 0 Å². The van der Waals surface area contributed by atoms with Gasteiger partial charge in [-0.3, -0.25) is 14.5 Å². The number of anilines is 1. The number of benzene rings is 2. The lowest BCUT2D eigenvalue weighted by Gasteiger charge is -2.31. The van der Waals surface area contributed by atoms with Crippen molar-refractivity contribution in [3.05, 3.63) is 59.9 Å². The van der Waals surface area contributed by atoms with Crippen LogP contribution in [0.25, 0.3) is 6.08 Å². The number of rotatable bonds is 5. The fourth-order valence-electron chi connectivity index (χ4n) is 4.12. The Balaban J connectivity index is 1.55. The summed E-state index contributed by atoms with van der Waals surface area (Å²) in [6.07, 6.45) is 5.90. The molecule has 0 aromatic heterocycles. The van der Waals surface area contributed by atoms with Crippen LogP contribution in [-0.2, 0) is 9.59 Å². The quantitative estimate of drug-likeness (QED) is 0.738. The lowest BCUT2D eigenvalue weighted by Crippen LogP contribution is -2.47. The van der Waals surface area contributed by atoms with Gasteiger partial charge in [-0.25, -0.2) is 0 Å². The van der Waals surface area contributed by atoms with Gasteiger partial charge in [-0.15, -0.1) is 0 Å². The van der Waals surface area contributed by atoms with Gasteiger partial charge in [0.2, 0.25) is 5.91 Å². The van der Waals surface area contributed by atoms with Crippen molar-refractivity contribution in [2.24, 2.45) is 5.92 Å². The number of nitrogens with one attached hydrogen (secondary N) is 1. The molecular weight excluding hydrogens is 392 g/mol. The molecule has 1 fully saturated rings. The maximum Gasteiger partial charge on any atom is 0.294 e. The number of carbonyl (C=O) groups excluding carboxylic acids is 2. The summed E-state index contributed by atoms with van der Waals surface area (Å²) in [5, 5.41) is 3.11. The monoisotopic (exact) mass is 420 g/mol. The first-order valence-electron chi connectivity index (χ1n) is 10.8. The third-order valence-corrected chi connectivity index (χ3v) is 5.91. The van der Waals surface area contributed by atoms with E-state index < -0.39 is 0 Å². The van der Waals surface area contributed by atoms with Crippen LogP contribution in [0.4, 0.5) is 5.69 Å². The topological polar surface area (TPSA) is 67.9 Å². The molecule has 1 heterocycles. The van der Waals surface area contributed by atoms with Crippen LogP contribution in [0, 0.1) is 5.92 Å². The van der Waals surface area contributed by atoms with Crippen LogP contribution >= 0.6 is 0 Å². The van der Waals surface area contributed by atoms with Crippen molar-refractivity contribution in [1.29, 1.82) is 0 Å². The molecule has 1 aliphatic heterocycles. The van der Waals surface area contributed by atoms with E-state index in [9.17, 15) is 9.59 Å². The predicted octanol–water partition coefficient (Wildman–Crippen LogP) is 4.16. The van der Waals surface area contributed by atoms with E-state index in [-0.39, 0.29) is 30.2 Å². The van der Waals surface area contributed by atoms with Crippen LogP contribution in [0.3, 0.4) is 0 Å². The summed E-state index contributed by atoms with van der Waals surface area (Å²) in [7, 11) is 1.60. The Morgan fingerprint density at radius 2 is 1.94 bits per heavy atom. The minimum atomic E-state index is -0.339. The van der Waals surface area contributed by atoms with Crippen LogP contribution in [0.5, 0.6) is 11.5 Å². The average molecular weight is 421 g/mol. The second-order valence-electron chi connectivity index (χ2n) is 8.27. The first-order chi connectivity index (χ1) is 15.0. The Hall–Kier alpha value is -3.28. The highest BCUT2D eigenvalue weighted by molar-refractivity contribution is 6.12. The first kappa shape index (κ1) is 21.0. The van der Waals surface area contributed by atoms with E-state index in [1.54, 1.807) is 25.3 Å². The molecule has 2 aliphatic rings. The fraction of sp³-hybridized carbons (Fsp3) is 0.360. The molecule has 2 amide bonds. The minimum absolute atomic E-state index is 0.0410. The highest BCUT2D eigenvalue weighted by Gasteiger charge is 2.32. The van der Waals surface area contributed by atoms with Crippen molar-refractivity contribution in [2.75, 3.05) is 18.6 Å². The van der Waals surface area contributed by atoms with E-state index in [2.05, 4.69) is 12.2 Å². The SMILES string of the molecule is COc1cccc(/C=C2/Oc3ccccc3N(CC(=O)NC3CCC(C)CC3)C2=O)c1. The molecule has 0 atom stereocenters. The van der Waals surface area contributed by atoms with Crippen LogP contribution in [-0.4, -0.2) is 31.5 Å². The highest BCUT2D eigenvalue weighted by atomic mass is 16.5. The molecule has 0 bridgehead atoms. The van der Waals surface area contributed by atoms with Gasteiger partial charge in [-0.2, -0.15) is 0 Å². The Kier molecular flexibility index (Phi) is 6.26. The van der Waals surface area contributed by atoms with E-state index in [0.29, 0.717) is 23.1 Å². The number of methoxy groups -OCH3 is 1. The van der Waals surface area contributed by atoms with Gasteiger partial charge in [0, 0.05) is 6.04 Å². The van der Waals surface area contributed by atoms with Crippen molar-refractivity contribution in [1.82, 2.24) is 5.32 Å². The summed E-state index contributed by atoms with van der Waals surface area (Å²) in [6, 6.07) is 14.8. The molecule has 1 aliphatic carbocycles. The van der Waals surface area contributed by atoms with Crippen molar-refractivity contribution < 1.29 is 19.1 Å². The zero-order valence-corrected chi connectivity index (χ0v) is 18.0. The van der Waals surface area contributed by atoms with Crippen LogP contribution in [0.1, 0.15) is 38.2 Å². The zero-order valence-electron chi connectivity index (χ0n) is 18.0. The number of ether oxygens (including phenoxy) is 2. The maximum absolute atomic E-state index is 13.2. The second kappa shape index (κ2) is 9.25. The standard InChI is InChI=1S/C25H28N2O4/c1-17-10-12-19(13-11-17)26-24(28)16-27-21-8-3-4-9-22(21)31-23(25(27)29)15-18-6-5-7-20(14-18)30-2/h3-9,14-15,17,19H,10-13,16H2,1-2H3,(H,26,28)/b23-15+. The molecule has 1 saturated carbocycles. The summed E-state index contributed by atoms with van der Waals surface area (Å²) < 4.78 is 11.2. The van der Waals surface area contributed by atoms with Crippen molar-refractivity contribution in [3.63, 3.8) is 0 Å². The van der Waals surface area contributed by atoms with E-state index in [4.69, 9.17) is 9.47 Å². The van der Waals surface area contributed by atoms with Gasteiger partial charge in [-0.1, -0.05) is 31.2 Å². The number of fused-ring (bicyclic) bond motifs is 1. The molecule has 2 aromatic rings. The Morgan fingerprint density at radius 1 is 1.16 bits per heavy atom. The fourth-order valence-corrected chi connectivity index (χ4v) is 4.12. The Bertz CT molecular complexity index is 993. The normalized spacial score (nSPS) is 21.9. The van der Waals surface area contributed by atoms with Crippen LogP contribution in [0.15, 0.2) is 54.3 Å². The molecular formula is C25H28N2O4. The van der Waals surface area contributed by atoms with Gasteiger partial charge in [-0.05, 0) is 67.5 Å². The maximum atomic E-state index is 13.2. The number of hydrogen-bond donors (Lipinski definition) is 1. The first-order valence-corrected chi connectivity index (χ1v) is 10.8. The average Bonchev–Trinajstić information content (AvgIpc) is 2.78. The van der Waals surface area contributed by atoms with Gasteiger partial charge < -0.3 is 14.8 Å². The highest BCUT2D eigenvalue weighted by Crippen LogP contribution is 2.35. The third kappa shape index (κ3) is 4.90. The number of hydrogen-bond acceptors (Lipinski definition) is 4. The Labute approximate surface area is 182 Å². The van der Waals surface area contributed by atoms with Crippen molar-refractivity contribution in [3.8, 4) is 11.5 Å². The molecule has 1 N–H and O–H groups in total. The van der Waals surface area contributed by atoms with Gasteiger partial charge in [0.05, 0.1) is 12.8 Å². The number of nitrogens with zero attached hydrogens (tertiary/aromatic N) is 1. The molecule has 31 heavy (non-hydrogen) atoms. The lowest BCUT2D eigenvalue weighted by molar-refractivity contribution is -0.124. The van der Waals surface area contributed by atoms with E-state index in [1.807, 2.05) is 36.4 Å². The predicted molar refractivity (Wildman–Crippen MR) is 120 cm³/mol. The van der Waals surface area contributed by atoms with E-state index in [0.717, 1.165) is 31.2 Å². The third-order valence-electron chi connectivity index (χ3n) is 5.91. The van der Waals surface area contributed by atoms with Crippen molar-refractivity contribution in [2.45, 2.75) is 38.6 Å². The number of amides is 2. The molecule has 0 spiro atoms. The summed E-state index contributed by atoms with van der Waals surface area (Å²) in [5.41, 5.74) is 1.38. The van der Waals surface area contributed by atoms with Gasteiger partial charge in [0.25, 0.3) is 5.91 Å². The molecule has 6 nitrogen and oxygen atoms in total. The summed E-state index contributed by atoms with van der Waals surface area (Å²) in [6.45, 7) is 2.21. The van der Waals surface area contributed by atoms with Crippen LogP contribution < -0.4 is 19.7 Å². The molecule has 4 rings (SSSR count). The Morgan fingerprint density at radius 3 is 2.71 bits per heavy atom. The molecule has 162 valence electrons. The molecule has 0 unspecified atom stereocenters. The summed E-state index contributed by atoms with van der Waals surface area (Å²) in [5.74, 6) is 1.64. The summed E-state index contributed by atoms with van der Waals surface area (Å²) >= 11 is 0. The smallest absolute Gasteiger partial charge is 0.294 e. The molecule has 6 heteroatoms. The van der Waals surface area contributed by atoms with Gasteiger partial charge in [0.15, 0.2) is 11.5 Å². The van der Waals surface area contributed by atoms with E-state index in [1.165, 1.54) is 4.90 Å². The second-order valence-corrected chi connectivity index (χ2v) is 8.27. The minimum Gasteiger partial charge on any atom is -0.497 e.